The molecule has 27 heavy (non-hydrogen) atoms. The van der Waals surface area contributed by atoms with Crippen LogP contribution in [0.3, 0.4) is 0 Å². The molecule has 2 heterocycles. The Bertz CT molecular complexity index is 889. The van der Waals surface area contributed by atoms with Crippen LogP contribution in [0.1, 0.15) is 39.5 Å². The number of phenolic OH excluding ortho intramolecular Hbond substituents is 1. The van der Waals surface area contributed by atoms with Crippen LogP contribution in [0.4, 0.5) is 11.5 Å². The molecule has 0 aliphatic rings. The minimum absolute atomic E-state index is 0.222. The van der Waals surface area contributed by atoms with E-state index in [-0.39, 0.29) is 5.75 Å². The Morgan fingerprint density at radius 2 is 2.04 bits per heavy atom. The van der Waals surface area contributed by atoms with E-state index in [1.54, 1.807) is 12.3 Å². The van der Waals surface area contributed by atoms with Crippen LogP contribution in [0.5, 0.6) is 5.75 Å². The summed E-state index contributed by atoms with van der Waals surface area (Å²) in [5.74, 6) is 1.73. The fourth-order valence-corrected chi connectivity index (χ4v) is 3.29. The van der Waals surface area contributed by atoms with Gasteiger partial charge in [-0.1, -0.05) is 45.2 Å². The maximum absolute atomic E-state index is 10.3. The molecule has 0 fully saturated rings. The van der Waals surface area contributed by atoms with Gasteiger partial charge in [-0.15, -0.1) is 0 Å². The summed E-state index contributed by atoms with van der Waals surface area (Å²) in [7, 11) is 1.86. The zero-order chi connectivity index (χ0) is 19.2. The van der Waals surface area contributed by atoms with E-state index in [9.17, 15) is 5.11 Å². The molecule has 3 aromatic rings. The number of unbranched alkanes of at least 4 members (excludes halogenated alkanes) is 1. The molecule has 0 aliphatic carbocycles. The smallest absolute Gasteiger partial charge is 0.181 e. The van der Waals surface area contributed by atoms with Gasteiger partial charge in [-0.25, -0.2) is 4.98 Å². The van der Waals surface area contributed by atoms with Crippen molar-refractivity contribution in [1.82, 2.24) is 14.6 Å². The molecule has 0 spiro atoms. The second-order valence-corrected chi connectivity index (χ2v) is 6.88. The molecular weight excluding hydrogens is 338 g/mol. The molecule has 0 amide bonds. The Hall–Kier alpha value is -2.76. The number of nitrogens with zero attached hydrogens (tertiary/aromatic N) is 3. The summed E-state index contributed by atoms with van der Waals surface area (Å²) < 4.78 is 1.82. The SMILES string of the molecule is CCCCC(CC)CNc1cc(-c2ccccc2O)nc2c(NC)cnn12. The number of anilines is 2. The highest BCUT2D eigenvalue weighted by Gasteiger charge is 2.15. The van der Waals surface area contributed by atoms with Gasteiger partial charge in [0.25, 0.3) is 0 Å². The molecule has 6 nitrogen and oxygen atoms in total. The molecule has 0 radical (unpaired) electrons. The third-order valence-corrected chi connectivity index (χ3v) is 5.04. The minimum atomic E-state index is 0.222. The summed E-state index contributed by atoms with van der Waals surface area (Å²) in [5.41, 5.74) is 3.03. The number of phenols is 1. The number of aromatic nitrogens is 3. The highest BCUT2D eigenvalue weighted by molar-refractivity contribution is 5.76. The van der Waals surface area contributed by atoms with E-state index in [2.05, 4.69) is 29.6 Å². The van der Waals surface area contributed by atoms with Crippen LogP contribution < -0.4 is 10.6 Å². The van der Waals surface area contributed by atoms with Crippen molar-refractivity contribution in [2.45, 2.75) is 39.5 Å². The van der Waals surface area contributed by atoms with Gasteiger partial charge in [0.05, 0.1) is 17.6 Å². The molecule has 3 N–H and O–H groups in total. The van der Waals surface area contributed by atoms with Crippen molar-refractivity contribution in [2.24, 2.45) is 5.92 Å². The highest BCUT2D eigenvalue weighted by Crippen LogP contribution is 2.31. The minimum Gasteiger partial charge on any atom is -0.507 e. The zero-order valence-corrected chi connectivity index (χ0v) is 16.4. The summed E-state index contributed by atoms with van der Waals surface area (Å²) in [6, 6.07) is 9.24. The average Bonchev–Trinajstić information content (AvgIpc) is 3.11. The fraction of sp³-hybridized carbons (Fsp3) is 0.429. The highest BCUT2D eigenvalue weighted by atomic mass is 16.3. The molecular formula is C21H29N5O. The van der Waals surface area contributed by atoms with Crippen molar-refractivity contribution in [3.05, 3.63) is 36.5 Å². The van der Waals surface area contributed by atoms with Crippen LogP contribution in [0, 0.1) is 5.92 Å². The van der Waals surface area contributed by atoms with Gasteiger partial charge in [0.2, 0.25) is 0 Å². The molecule has 0 saturated carbocycles. The summed E-state index contributed by atoms with van der Waals surface area (Å²) in [6.07, 6.45) is 6.62. The van der Waals surface area contributed by atoms with Gasteiger partial charge in [0.15, 0.2) is 5.65 Å². The number of fused-ring (bicyclic) bond motifs is 1. The van der Waals surface area contributed by atoms with E-state index in [0.29, 0.717) is 11.5 Å². The number of benzene rings is 1. The summed E-state index contributed by atoms with van der Waals surface area (Å²) in [6.45, 7) is 5.36. The molecule has 0 bridgehead atoms. The molecule has 6 heteroatoms. The summed E-state index contributed by atoms with van der Waals surface area (Å²) in [4.78, 5) is 4.73. The lowest BCUT2D eigenvalue weighted by Crippen LogP contribution is -2.16. The molecule has 2 aromatic heterocycles. The number of rotatable bonds is 9. The summed E-state index contributed by atoms with van der Waals surface area (Å²) in [5, 5.41) is 21.4. The Morgan fingerprint density at radius 1 is 1.22 bits per heavy atom. The van der Waals surface area contributed by atoms with E-state index in [4.69, 9.17) is 4.98 Å². The molecule has 0 saturated heterocycles. The first-order valence-corrected chi connectivity index (χ1v) is 9.76. The van der Waals surface area contributed by atoms with Gasteiger partial charge < -0.3 is 15.7 Å². The number of para-hydroxylation sites is 1. The van der Waals surface area contributed by atoms with E-state index in [1.807, 2.05) is 35.8 Å². The van der Waals surface area contributed by atoms with Crippen molar-refractivity contribution < 1.29 is 5.11 Å². The van der Waals surface area contributed by atoms with E-state index in [1.165, 1.54) is 19.3 Å². The molecule has 1 atom stereocenters. The van der Waals surface area contributed by atoms with E-state index in [0.717, 1.165) is 35.8 Å². The van der Waals surface area contributed by atoms with Crippen molar-refractivity contribution in [2.75, 3.05) is 24.2 Å². The standard InChI is InChI=1S/C21H29N5O/c1-4-6-9-15(5-2)13-23-20-12-17(16-10-7-8-11-19(16)27)25-21-18(22-3)14-24-26(20)21/h7-8,10-12,14-15,22-23,27H,4-6,9,13H2,1-3H3. The quantitative estimate of drug-likeness (QED) is 0.508. The number of hydrogen-bond acceptors (Lipinski definition) is 5. The zero-order valence-electron chi connectivity index (χ0n) is 16.4. The first-order valence-electron chi connectivity index (χ1n) is 9.76. The predicted octanol–water partition coefficient (Wildman–Crippen LogP) is 4.77. The molecule has 1 aromatic carbocycles. The van der Waals surface area contributed by atoms with E-state index >= 15 is 0 Å². The Kier molecular flexibility index (Phi) is 6.16. The lowest BCUT2D eigenvalue weighted by Gasteiger charge is -2.17. The van der Waals surface area contributed by atoms with Crippen molar-refractivity contribution in [3.8, 4) is 17.0 Å². The number of aromatic hydroxyl groups is 1. The third-order valence-electron chi connectivity index (χ3n) is 5.04. The average molecular weight is 367 g/mol. The van der Waals surface area contributed by atoms with Gasteiger partial charge in [-0.3, -0.25) is 0 Å². The maximum Gasteiger partial charge on any atom is 0.181 e. The van der Waals surface area contributed by atoms with Crippen molar-refractivity contribution in [3.63, 3.8) is 0 Å². The molecule has 3 rings (SSSR count). The van der Waals surface area contributed by atoms with E-state index < -0.39 is 0 Å². The van der Waals surface area contributed by atoms with Gasteiger partial charge in [-0.2, -0.15) is 9.61 Å². The van der Waals surface area contributed by atoms with Gasteiger partial charge in [-0.05, 0) is 24.5 Å². The largest absolute Gasteiger partial charge is 0.507 e. The van der Waals surface area contributed by atoms with Crippen LogP contribution in [0.15, 0.2) is 36.5 Å². The van der Waals surface area contributed by atoms with Gasteiger partial charge >= 0.3 is 0 Å². The number of nitrogens with one attached hydrogen (secondary N) is 2. The van der Waals surface area contributed by atoms with Gasteiger partial charge in [0, 0.05) is 25.2 Å². The third kappa shape index (κ3) is 4.15. The maximum atomic E-state index is 10.3. The second-order valence-electron chi connectivity index (χ2n) is 6.88. The normalized spacial score (nSPS) is 12.3. The Balaban J connectivity index is 1.98. The summed E-state index contributed by atoms with van der Waals surface area (Å²) >= 11 is 0. The van der Waals surface area contributed by atoms with Crippen LogP contribution in [-0.4, -0.2) is 33.3 Å². The monoisotopic (exact) mass is 367 g/mol. The van der Waals surface area contributed by atoms with Crippen LogP contribution >= 0.6 is 0 Å². The molecule has 1 unspecified atom stereocenters. The topological polar surface area (TPSA) is 74.5 Å². The molecule has 0 aliphatic heterocycles. The predicted molar refractivity (Wildman–Crippen MR) is 111 cm³/mol. The fourth-order valence-electron chi connectivity index (χ4n) is 3.29. The Labute approximate surface area is 160 Å². The van der Waals surface area contributed by atoms with Crippen LogP contribution in [-0.2, 0) is 0 Å². The Morgan fingerprint density at radius 3 is 2.74 bits per heavy atom. The van der Waals surface area contributed by atoms with Crippen LogP contribution in [0.25, 0.3) is 16.9 Å². The van der Waals surface area contributed by atoms with Crippen molar-refractivity contribution in [1.29, 1.82) is 0 Å². The van der Waals surface area contributed by atoms with Crippen LogP contribution in [0.2, 0.25) is 0 Å². The first-order chi connectivity index (χ1) is 13.2. The van der Waals surface area contributed by atoms with Gasteiger partial charge in [0.1, 0.15) is 11.6 Å². The van der Waals surface area contributed by atoms with Crippen molar-refractivity contribution >= 4 is 17.2 Å². The molecule has 144 valence electrons. The number of hydrogen-bond donors (Lipinski definition) is 3. The lowest BCUT2D eigenvalue weighted by atomic mass is 9.99. The lowest BCUT2D eigenvalue weighted by molar-refractivity contribution is 0.472. The second kappa shape index (κ2) is 8.75. The first kappa shape index (κ1) is 19.0.